The number of hydrogen-bond acceptors (Lipinski definition) is 3. The predicted molar refractivity (Wildman–Crippen MR) is 85.2 cm³/mol. The molecule has 1 aliphatic rings. The molecule has 0 saturated heterocycles. The lowest BCUT2D eigenvalue weighted by Gasteiger charge is -2.29. The lowest BCUT2D eigenvalue weighted by molar-refractivity contribution is 0.278. The van der Waals surface area contributed by atoms with Crippen molar-refractivity contribution in [3.63, 3.8) is 0 Å². The van der Waals surface area contributed by atoms with E-state index < -0.39 is 0 Å². The first-order valence-corrected chi connectivity index (χ1v) is 8.04. The van der Waals surface area contributed by atoms with Gasteiger partial charge in [0.25, 0.3) is 0 Å². The molecule has 0 aliphatic heterocycles. The van der Waals surface area contributed by atoms with Gasteiger partial charge < -0.3 is 9.73 Å². The Bertz CT molecular complexity index is 596. The number of benzene rings is 1. The minimum Gasteiger partial charge on any atom is -0.444 e. The summed E-state index contributed by atoms with van der Waals surface area (Å²) in [5, 5.41) is 4.28. The zero-order valence-corrected chi connectivity index (χ0v) is 13.1. The van der Waals surface area contributed by atoms with E-state index in [0.717, 1.165) is 23.7 Å². The van der Waals surface area contributed by atoms with Gasteiger partial charge in [-0.1, -0.05) is 43.5 Å². The van der Waals surface area contributed by atoms with Crippen molar-refractivity contribution < 1.29 is 4.42 Å². The number of halogens is 1. The van der Waals surface area contributed by atoms with E-state index >= 15 is 0 Å². The molecule has 3 nitrogen and oxygen atoms in total. The molecule has 1 aliphatic carbocycles. The summed E-state index contributed by atoms with van der Waals surface area (Å²) in [7, 11) is 0. The molecule has 0 amide bonds. The fourth-order valence-electron chi connectivity index (χ4n) is 3.00. The molecule has 2 unspecified atom stereocenters. The van der Waals surface area contributed by atoms with Gasteiger partial charge in [-0.2, -0.15) is 0 Å². The molecule has 0 bridgehead atoms. The quantitative estimate of drug-likeness (QED) is 0.892. The topological polar surface area (TPSA) is 38.1 Å². The number of nitrogens with one attached hydrogen (secondary N) is 1. The Balaban J connectivity index is 1.64. The summed E-state index contributed by atoms with van der Waals surface area (Å²) in [5.41, 5.74) is 1.78. The first-order valence-electron chi connectivity index (χ1n) is 7.67. The van der Waals surface area contributed by atoms with E-state index in [1.807, 2.05) is 24.3 Å². The summed E-state index contributed by atoms with van der Waals surface area (Å²) in [6.45, 7) is 3.08. The van der Waals surface area contributed by atoms with Crippen molar-refractivity contribution in [2.24, 2.45) is 5.92 Å². The summed E-state index contributed by atoms with van der Waals surface area (Å²) in [6.07, 6.45) is 6.99. The summed E-state index contributed by atoms with van der Waals surface area (Å²) in [4.78, 5) is 4.54. The van der Waals surface area contributed by atoms with Crippen molar-refractivity contribution in [3.8, 4) is 11.5 Å². The molecule has 1 saturated carbocycles. The molecule has 112 valence electrons. The predicted octanol–water partition coefficient (Wildman–Crippen LogP) is 4.66. The van der Waals surface area contributed by atoms with Crippen LogP contribution in [0.2, 0.25) is 5.02 Å². The minimum absolute atomic E-state index is 0.592. The summed E-state index contributed by atoms with van der Waals surface area (Å²) in [6, 6.07) is 8.21. The van der Waals surface area contributed by atoms with Gasteiger partial charge in [-0.3, -0.25) is 0 Å². The van der Waals surface area contributed by atoms with Gasteiger partial charge in [0.15, 0.2) is 0 Å². The first kappa shape index (κ1) is 14.6. The van der Waals surface area contributed by atoms with E-state index in [1.54, 1.807) is 6.26 Å². The van der Waals surface area contributed by atoms with E-state index in [-0.39, 0.29) is 0 Å². The zero-order chi connectivity index (χ0) is 14.7. The minimum atomic E-state index is 0.592. The van der Waals surface area contributed by atoms with Crippen LogP contribution >= 0.6 is 11.6 Å². The maximum Gasteiger partial charge on any atom is 0.227 e. The van der Waals surface area contributed by atoms with Crippen LogP contribution in [-0.2, 0) is 6.54 Å². The summed E-state index contributed by atoms with van der Waals surface area (Å²) >= 11 is 6.17. The Hall–Kier alpha value is -1.32. The summed E-state index contributed by atoms with van der Waals surface area (Å²) < 4.78 is 5.56. The molecule has 1 aromatic carbocycles. The average molecular weight is 305 g/mol. The van der Waals surface area contributed by atoms with E-state index in [1.165, 1.54) is 25.7 Å². The Morgan fingerprint density at radius 3 is 2.90 bits per heavy atom. The molecule has 1 aromatic heterocycles. The molecule has 3 rings (SSSR count). The number of oxazole rings is 1. The number of rotatable bonds is 4. The fourth-order valence-corrected chi connectivity index (χ4v) is 3.22. The van der Waals surface area contributed by atoms with Gasteiger partial charge in [-0.15, -0.1) is 0 Å². The van der Waals surface area contributed by atoms with Crippen LogP contribution in [0.5, 0.6) is 0 Å². The lowest BCUT2D eigenvalue weighted by atomic mass is 9.86. The first-order chi connectivity index (χ1) is 10.2. The smallest absolute Gasteiger partial charge is 0.227 e. The van der Waals surface area contributed by atoms with Crippen molar-refractivity contribution >= 4 is 11.6 Å². The Labute approximate surface area is 130 Å². The molecule has 1 fully saturated rings. The normalized spacial score (nSPS) is 22.4. The van der Waals surface area contributed by atoms with Gasteiger partial charge in [-0.25, -0.2) is 4.98 Å². The molecule has 21 heavy (non-hydrogen) atoms. The average Bonchev–Trinajstić information content (AvgIpc) is 2.96. The second kappa shape index (κ2) is 6.63. The molecule has 2 aromatic rings. The van der Waals surface area contributed by atoms with E-state index in [2.05, 4.69) is 17.2 Å². The highest BCUT2D eigenvalue weighted by molar-refractivity contribution is 6.33. The molecule has 0 radical (unpaired) electrons. The van der Waals surface area contributed by atoms with Crippen LogP contribution in [0.15, 0.2) is 34.9 Å². The molecule has 4 heteroatoms. The third-order valence-corrected chi connectivity index (χ3v) is 4.64. The maximum atomic E-state index is 6.17. The van der Waals surface area contributed by atoms with Crippen molar-refractivity contribution in [3.05, 3.63) is 41.2 Å². The van der Waals surface area contributed by atoms with Crippen LogP contribution in [0.25, 0.3) is 11.5 Å². The molecule has 0 spiro atoms. The highest BCUT2D eigenvalue weighted by Crippen LogP contribution is 2.27. The monoisotopic (exact) mass is 304 g/mol. The third-order valence-electron chi connectivity index (χ3n) is 4.31. The summed E-state index contributed by atoms with van der Waals surface area (Å²) in [5.74, 6) is 1.34. The Kier molecular flexibility index (Phi) is 4.61. The van der Waals surface area contributed by atoms with Crippen molar-refractivity contribution in [2.75, 3.05) is 0 Å². The Morgan fingerprint density at radius 1 is 1.29 bits per heavy atom. The van der Waals surface area contributed by atoms with Gasteiger partial charge in [0.1, 0.15) is 6.26 Å². The molecular formula is C17H21ClN2O. The van der Waals surface area contributed by atoms with Crippen LogP contribution in [0.3, 0.4) is 0 Å². The fraction of sp³-hybridized carbons (Fsp3) is 0.471. The molecule has 1 N–H and O–H groups in total. The van der Waals surface area contributed by atoms with Gasteiger partial charge in [0.2, 0.25) is 5.89 Å². The van der Waals surface area contributed by atoms with E-state index in [9.17, 15) is 0 Å². The van der Waals surface area contributed by atoms with Crippen molar-refractivity contribution in [1.29, 1.82) is 0 Å². The van der Waals surface area contributed by atoms with Gasteiger partial charge in [0.05, 0.1) is 16.3 Å². The zero-order valence-electron chi connectivity index (χ0n) is 12.3. The highest BCUT2D eigenvalue weighted by atomic mass is 35.5. The molecule has 2 atom stereocenters. The number of nitrogens with zero attached hydrogens (tertiary/aromatic N) is 1. The van der Waals surface area contributed by atoms with Crippen LogP contribution in [0.4, 0.5) is 0 Å². The number of aromatic nitrogens is 1. The highest BCUT2D eigenvalue weighted by Gasteiger charge is 2.21. The van der Waals surface area contributed by atoms with Crippen LogP contribution in [0, 0.1) is 5.92 Å². The standard InChI is InChI=1S/C17H21ClN2O/c1-12-6-2-5-9-16(12)19-10-13-11-21-17(20-13)14-7-3-4-8-15(14)18/h3-4,7-8,11-12,16,19H,2,5-6,9-10H2,1H3. The van der Waals surface area contributed by atoms with Crippen LogP contribution in [-0.4, -0.2) is 11.0 Å². The van der Waals surface area contributed by atoms with Gasteiger partial charge >= 0.3 is 0 Å². The maximum absolute atomic E-state index is 6.17. The van der Waals surface area contributed by atoms with Crippen LogP contribution < -0.4 is 5.32 Å². The van der Waals surface area contributed by atoms with Crippen molar-refractivity contribution in [1.82, 2.24) is 10.3 Å². The van der Waals surface area contributed by atoms with E-state index in [4.69, 9.17) is 16.0 Å². The molecule has 1 heterocycles. The van der Waals surface area contributed by atoms with Crippen molar-refractivity contribution in [2.45, 2.75) is 45.2 Å². The number of hydrogen-bond donors (Lipinski definition) is 1. The van der Waals surface area contributed by atoms with Gasteiger partial charge in [-0.05, 0) is 30.9 Å². The second-order valence-electron chi connectivity index (χ2n) is 5.87. The van der Waals surface area contributed by atoms with Crippen LogP contribution in [0.1, 0.15) is 38.3 Å². The largest absolute Gasteiger partial charge is 0.444 e. The van der Waals surface area contributed by atoms with E-state index in [0.29, 0.717) is 17.0 Å². The Morgan fingerprint density at radius 2 is 2.10 bits per heavy atom. The lowest BCUT2D eigenvalue weighted by Crippen LogP contribution is -2.36. The van der Waals surface area contributed by atoms with Gasteiger partial charge in [0, 0.05) is 12.6 Å². The second-order valence-corrected chi connectivity index (χ2v) is 6.28. The third kappa shape index (κ3) is 3.47. The SMILES string of the molecule is CC1CCCCC1NCc1coc(-c2ccccc2Cl)n1. The molecular weight excluding hydrogens is 284 g/mol.